The molecule has 0 bridgehead atoms. The number of carbonyl (C=O) groups is 2. The zero-order valence-electron chi connectivity index (χ0n) is 10.3. The first-order valence-corrected chi connectivity index (χ1v) is 5.92. The summed E-state index contributed by atoms with van der Waals surface area (Å²) >= 11 is 0. The molecule has 0 aliphatic carbocycles. The van der Waals surface area contributed by atoms with E-state index in [9.17, 15) is 14.4 Å². The first kappa shape index (κ1) is 12.1. The van der Waals surface area contributed by atoms with Crippen molar-refractivity contribution in [3.8, 4) is 0 Å². The van der Waals surface area contributed by atoms with Gasteiger partial charge >= 0.3 is 5.76 Å². The molecule has 0 amide bonds. The van der Waals surface area contributed by atoms with Crippen molar-refractivity contribution in [1.29, 1.82) is 0 Å². The topological polar surface area (TPSA) is 80.1 Å². The third kappa shape index (κ3) is 2.05. The SMILES string of the molecule is O=C(C(=O)c1ccc2oc(=O)[nH]c2c1)c1ccccc1. The number of oxazole rings is 1. The van der Waals surface area contributed by atoms with Gasteiger partial charge in [-0.1, -0.05) is 30.3 Å². The Morgan fingerprint density at radius 2 is 1.60 bits per heavy atom. The predicted molar refractivity (Wildman–Crippen MR) is 71.9 cm³/mol. The van der Waals surface area contributed by atoms with Gasteiger partial charge in [0.05, 0.1) is 5.52 Å². The number of carbonyl (C=O) groups excluding carboxylic acids is 2. The van der Waals surface area contributed by atoms with Crippen LogP contribution in [0.5, 0.6) is 0 Å². The van der Waals surface area contributed by atoms with E-state index in [1.54, 1.807) is 30.3 Å². The highest BCUT2D eigenvalue weighted by molar-refractivity contribution is 6.49. The molecule has 0 fully saturated rings. The lowest BCUT2D eigenvalue weighted by atomic mass is 10.0. The highest BCUT2D eigenvalue weighted by Gasteiger charge is 2.18. The maximum Gasteiger partial charge on any atom is 0.417 e. The van der Waals surface area contributed by atoms with Gasteiger partial charge in [0.1, 0.15) is 0 Å². The van der Waals surface area contributed by atoms with Crippen molar-refractivity contribution >= 4 is 22.7 Å². The van der Waals surface area contributed by atoms with Gasteiger partial charge in [0.25, 0.3) is 0 Å². The zero-order chi connectivity index (χ0) is 14.1. The number of benzene rings is 2. The lowest BCUT2D eigenvalue weighted by molar-refractivity contribution is 0.0817. The summed E-state index contributed by atoms with van der Waals surface area (Å²) < 4.78 is 4.84. The molecule has 0 saturated carbocycles. The fraction of sp³-hybridized carbons (Fsp3) is 0. The van der Waals surface area contributed by atoms with Crippen LogP contribution in [0.3, 0.4) is 0 Å². The number of hydrogen-bond acceptors (Lipinski definition) is 4. The van der Waals surface area contributed by atoms with Gasteiger partial charge < -0.3 is 4.42 Å². The molecule has 5 heteroatoms. The highest BCUT2D eigenvalue weighted by Crippen LogP contribution is 2.14. The average Bonchev–Trinajstić information content (AvgIpc) is 2.85. The summed E-state index contributed by atoms with van der Waals surface area (Å²) in [7, 11) is 0. The van der Waals surface area contributed by atoms with E-state index in [0.29, 0.717) is 16.7 Å². The molecule has 5 nitrogen and oxygen atoms in total. The summed E-state index contributed by atoms with van der Waals surface area (Å²) in [4.78, 5) is 37.7. The monoisotopic (exact) mass is 267 g/mol. The number of nitrogens with one attached hydrogen (secondary N) is 1. The van der Waals surface area contributed by atoms with Gasteiger partial charge in [0.15, 0.2) is 5.58 Å². The molecule has 20 heavy (non-hydrogen) atoms. The Morgan fingerprint density at radius 3 is 2.35 bits per heavy atom. The number of rotatable bonds is 3. The third-order valence-electron chi connectivity index (χ3n) is 2.92. The van der Waals surface area contributed by atoms with Gasteiger partial charge in [-0.2, -0.15) is 0 Å². The predicted octanol–water partition coefficient (Wildman–Crippen LogP) is 2.19. The maximum atomic E-state index is 12.1. The van der Waals surface area contributed by atoms with Gasteiger partial charge in [0.2, 0.25) is 11.6 Å². The fourth-order valence-electron chi connectivity index (χ4n) is 1.94. The normalized spacial score (nSPS) is 10.6. The largest absolute Gasteiger partial charge is 0.417 e. The number of ketones is 2. The van der Waals surface area contributed by atoms with E-state index in [1.165, 1.54) is 18.2 Å². The number of fused-ring (bicyclic) bond motifs is 1. The Balaban J connectivity index is 2.00. The molecule has 0 aliphatic heterocycles. The van der Waals surface area contributed by atoms with Crippen LogP contribution in [-0.4, -0.2) is 16.6 Å². The smallest absolute Gasteiger partial charge is 0.408 e. The lowest BCUT2D eigenvalue weighted by Crippen LogP contribution is -2.14. The molecule has 0 unspecified atom stereocenters. The van der Waals surface area contributed by atoms with E-state index in [2.05, 4.69) is 4.98 Å². The molecule has 0 atom stereocenters. The van der Waals surface area contributed by atoms with Gasteiger partial charge in [-0.3, -0.25) is 14.6 Å². The Hall–Kier alpha value is -2.95. The second kappa shape index (κ2) is 4.62. The second-order valence-corrected chi connectivity index (χ2v) is 4.25. The van der Waals surface area contributed by atoms with E-state index in [-0.39, 0.29) is 5.56 Å². The van der Waals surface area contributed by atoms with Gasteiger partial charge in [-0.15, -0.1) is 0 Å². The van der Waals surface area contributed by atoms with Gasteiger partial charge in [-0.05, 0) is 18.2 Å². The van der Waals surface area contributed by atoms with E-state index in [4.69, 9.17) is 4.42 Å². The molecule has 1 heterocycles. The van der Waals surface area contributed by atoms with Crippen LogP contribution in [0.1, 0.15) is 20.7 Å². The molecular weight excluding hydrogens is 258 g/mol. The highest BCUT2D eigenvalue weighted by atomic mass is 16.4. The van der Waals surface area contributed by atoms with Crippen molar-refractivity contribution in [2.45, 2.75) is 0 Å². The molecular formula is C15H9NO4. The minimum absolute atomic E-state index is 0.211. The van der Waals surface area contributed by atoms with Crippen LogP contribution in [-0.2, 0) is 0 Å². The Kier molecular flexibility index (Phi) is 2.80. The molecule has 0 spiro atoms. The molecule has 1 aromatic heterocycles. The van der Waals surface area contributed by atoms with E-state index < -0.39 is 17.3 Å². The lowest BCUT2D eigenvalue weighted by Gasteiger charge is -2.00. The van der Waals surface area contributed by atoms with Gasteiger partial charge in [0, 0.05) is 11.1 Å². The third-order valence-corrected chi connectivity index (χ3v) is 2.92. The van der Waals surface area contributed by atoms with E-state index >= 15 is 0 Å². The van der Waals surface area contributed by atoms with Crippen molar-refractivity contribution in [3.63, 3.8) is 0 Å². The molecule has 3 aromatic rings. The van der Waals surface area contributed by atoms with Crippen LogP contribution in [0.2, 0.25) is 0 Å². The fourth-order valence-corrected chi connectivity index (χ4v) is 1.94. The molecule has 2 aromatic carbocycles. The molecule has 98 valence electrons. The summed E-state index contributed by atoms with van der Waals surface area (Å²) in [6.45, 7) is 0. The van der Waals surface area contributed by atoms with Crippen LogP contribution < -0.4 is 5.76 Å². The Morgan fingerprint density at radius 1 is 0.900 bits per heavy atom. The summed E-state index contributed by atoms with van der Waals surface area (Å²) in [6.07, 6.45) is 0. The minimum Gasteiger partial charge on any atom is -0.408 e. The molecule has 3 rings (SSSR count). The molecule has 0 aliphatic rings. The van der Waals surface area contributed by atoms with Crippen LogP contribution in [0, 0.1) is 0 Å². The maximum absolute atomic E-state index is 12.1. The zero-order valence-corrected chi connectivity index (χ0v) is 10.3. The van der Waals surface area contributed by atoms with Crippen molar-refractivity contribution in [2.75, 3.05) is 0 Å². The molecule has 0 radical (unpaired) electrons. The first-order chi connectivity index (χ1) is 9.65. The second-order valence-electron chi connectivity index (χ2n) is 4.25. The standard InChI is InChI=1S/C15H9NO4/c17-13(9-4-2-1-3-5-9)14(18)10-6-7-12-11(8-10)16-15(19)20-12/h1-8H,(H,16,19). The average molecular weight is 267 g/mol. The Labute approximate surface area is 112 Å². The number of hydrogen-bond donors (Lipinski definition) is 1. The summed E-state index contributed by atoms with van der Waals surface area (Å²) in [6, 6.07) is 12.7. The molecule has 0 saturated heterocycles. The van der Waals surface area contributed by atoms with Crippen molar-refractivity contribution in [2.24, 2.45) is 0 Å². The molecule has 1 N–H and O–H groups in total. The van der Waals surface area contributed by atoms with Crippen LogP contribution >= 0.6 is 0 Å². The van der Waals surface area contributed by atoms with Crippen molar-refractivity contribution < 1.29 is 14.0 Å². The minimum atomic E-state index is -0.625. The number of H-pyrrole nitrogens is 1. The number of aromatic nitrogens is 1. The summed E-state index contributed by atoms with van der Waals surface area (Å²) in [5.74, 6) is -1.81. The summed E-state index contributed by atoms with van der Waals surface area (Å²) in [5, 5.41) is 0. The van der Waals surface area contributed by atoms with Crippen LogP contribution in [0.25, 0.3) is 11.1 Å². The number of aromatic amines is 1. The Bertz CT molecular complexity index is 858. The number of Topliss-reactive ketones (excluding diaryl/α,β-unsaturated/α-hetero) is 2. The van der Waals surface area contributed by atoms with Crippen LogP contribution in [0.15, 0.2) is 57.7 Å². The van der Waals surface area contributed by atoms with Gasteiger partial charge in [-0.25, -0.2) is 4.79 Å². The quantitative estimate of drug-likeness (QED) is 0.582. The summed E-state index contributed by atoms with van der Waals surface area (Å²) in [5.41, 5.74) is 1.28. The van der Waals surface area contributed by atoms with Crippen molar-refractivity contribution in [1.82, 2.24) is 4.98 Å². The van der Waals surface area contributed by atoms with Crippen LogP contribution in [0.4, 0.5) is 0 Å². The van der Waals surface area contributed by atoms with E-state index in [0.717, 1.165) is 0 Å². The van der Waals surface area contributed by atoms with E-state index in [1.807, 2.05) is 0 Å². The first-order valence-electron chi connectivity index (χ1n) is 5.92. The van der Waals surface area contributed by atoms with Crippen molar-refractivity contribution in [3.05, 3.63) is 70.2 Å².